The summed E-state index contributed by atoms with van der Waals surface area (Å²) in [5, 5.41) is 1.93. The van der Waals surface area contributed by atoms with Gasteiger partial charge in [0.05, 0.1) is 11.4 Å². The Labute approximate surface area is 158 Å². The van der Waals surface area contributed by atoms with E-state index in [1.54, 1.807) is 16.8 Å². The number of rotatable bonds is 3. The summed E-state index contributed by atoms with van der Waals surface area (Å²) in [6.07, 6.45) is 7.18. The first kappa shape index (κ1) is 15.8. The minimum Gasteiger partial charge on any atom is -0.454 e. The molecule has 1 aliphatic rings. The van der Waals surface area contributed by atoms with Crippen molar-refractivity contribution in [3.05, 3.63) is 75.8 Å². The highest BCUT2D eigenvalue weighted by molar-refractivity contribution is 7.15. The normalized spacial score (nSPS) is 12.9. The van der Waals surface area contributed by atoms with E-state index in [2.05, 4.69) is 9.97 Å². The van der Waals surface area contributed by atoms with Crippen molar-refractivity contribution in [1.82, 2.24) is 14.4 Å². The van der Waals surface area contributed by atoms with Crippen molar-refractivity contribution in [2.24, 2.45) is 0 Å². The molecule has 0 fully saturated rings. The lowest BCUT2D eigenvalue weighted by atomic mass is 10.1. The third kappa shape index (κ3) is 2.88. The molecule has 0 radical (unpaired) electrons. The van der Waals surface area contributed by atoms with Gasteiger partial charge in [-0.3, -0.25) is 14.2 Å². The van der Waals surface area contributed by atoms with E-state index < -0.39 is 0 Å². The molecule has 27 heavy (non-hydrogen) atoms. The highest BCUT2D eigenvalue weighted by Gasteiger charge is 2.16. The Bertz CT molecular complexity index is 1230. The third-order valence-electron chi connectivity index (χ3n) is 4.22. The Morgan fingerprint density at radius 3 is 2.93 bits per heavy atom. The maximum Gasteiger partial charge on any atom is 0.259 e. The summed E-state index contributed by atoms with van der Waals surface area (Å²) in [5.74, 6) is 1.40. The number of fused-ring (bicyclic) bond motifs is 2. The van der Waals surface area contributed by atoms with Crippen LogP contribution in [0.2, 0.25) is 0 Å². The molecule has 4 aromatic rings. The van der Waals surface area contributed by atoms with Gasteiger partial charge in [0, 0.05) is 29.4 Å². The van der Waals surface area contributed by atoms with Gasteiger partial charge in [0.15, 0.2) is 16.5 Å². The minimum absolute atomic E-state index is 0.125. The van der Waals surface area contributed by atoms with Crippen molar-refractivity contribution in [2.45, 2.75) is 0 Å². The van der Waals surface area contributed by atoms with E-state index in [9.17, 15) is 4.79 Å². The number of aromatic nitrogens is 3. The van der Waals surface area contributed by atoms with Gasteiger partial charge in [0.25, 0.3) is 5.56 Å². The van der Waals surface area contributed by atoms with Gasteiger partial charge in [-0.15, -0.1) is 11.3 Å². The quantitative estimate of drug-likeness (QED) is 0.546. The molecule has 0 unspecified atom stereocenters. The van der Waals surface area contributed by atoms with Crippen molar-refractivity contribution >= 4 is 28.4 Å². The molecule has 0 atom stereocenters. The van der Waals surface area contributed by atoms with E-state index in [-0.39, 0.29) is 12.4 Å². The summed E-state index contributed by atoms with van der Waals surface area (Å²) in [6.45, 7) is 0.220. The Hall–Kier alpha value is -3.45. The summed E-state index contributed by atoms with van der Waals surface area (Å²) < 4.78 is 12.4. The smallest absolute Gasteiger partial charge is 0.259 e. The second-order valence-electron chi connectivity index (χ2n) is 5.95. The van der Waals surface area contributed by atoms with Gasteiger partial charge in [-0.2, -0.15) is 0 Å². The number of pyridine rings is 1. The molecule has 0 N–H and O–H groups in total. The molecular weight excluding hydrogens is 362 g/mol. The van der Waals surface area contributed by atoms with E-state index in [1.807, 2.05) is 47.9 Å². The summed E-state index contributed by atoms with van der Waals surface area (Å²) in [6, 6.07) is 11.0. The molecule has 1 aliphatic heterocycles. The predicted octanol–water partition coefficient (Wildman–Crippen LogP) is 3.72. The summed E-state index contributed by atoms with van der Waals surface area (Å²) >= 11 is 1.43. The molecule has 132 valence electrons. The van der Waals surface area contributed by atoms with Gasteiger partial charge in [0.1, 0.15) is 0 Å². The topological polar surface area (TPSA) is 65.7 Å². The first-order valence-electron chi connectivity index (χ1n) is 8.27. The van der Waals surface area contributed by atoms with Crippen LogP contribution in [0.4, 0.5) is 0 Å². The third-order valence-corrected chi connectivity index (χ3v) is 5.05. The van der Waals surface area contributed by atoms with Crippen molar-refractivity contribution in [3.8, 4) is 22.8 Å². The molecule has 0 bridgehead atoms. The molecule has 0 aliphatic carbocycles. The van der Waals surface area contributed by atoms with Crippen LogP contribution in [0.1, 0.15) is 11.3 Å². The lowest BCUT2D eigenvalue weighted by Gasteiger charge is -2.03. The van der Waals surface area contributed by atoms with Crippen LogP contribution < -0.4 is 15.0 Å². The standard InChI is InChI=1S/C20H13N3O3S/c24-19-9-15(5-3-13-2-1-7-21-10-13)22-20-23(19)16(11-27-20)14-4-6-17-18(8-14)26-12-25-17/h1-11H,12H2. The largest absolute Gasteiger partial charge is 0.454 e. The van der Waals surface area contributed by atoms with Crippen LogP contribution in [-0.2, 0) is 0 Å². The molecular formula is C20H13N3O3S. The van der Waals surface area contributed by atoms with Gasteiger partial charge in [0.2, 0.25) is 6.79 Å². The van der Waals surface area contributed by atoms with E-state index in [0.717, 1.165) is 16.8 Å². The molecule has 5 rings (SSSR count). The first-order valence-corrected chi connectivity index (χ1v) is 9.15. The second kappa shape index (κ2) is 6.37. The summed E-state index contributed by atoms with van der Waals surface area (Å²) in [4.78, 5) is 22.0. The van der Waals surface area contributed by atoms with Crippen molar-refractivity contribution in [2.75, 3.05) is 6.79 Å². The average Bonchev–Trinajstić information content (AvgIpc) is 3.33. The van der Waals surface area contributed by atoms with Gasteiger partial charge >= 0.3 is 0 Å². The molecule has 6 nitrogen and oxygen atoms in total. The first-order chi connectivity index (χ1) is 13.3. The minimum atomic E-state index is -0.125. The Balaban J connectivity index is 1.55. The van der Waals surface area contributed by atoms with Crippen molar-refractivity contribution in [3.63, 3.8) is 0 Å². The Kier molecular flexibility index (Phi) is 3.72. The van der Waals surface area contributed by atoms with E-state index in [4.69, 9.17) is 9.47 Å². The Morgan fingerprint density at radius 1 is 1.11 bits per heavy atom. The zero-order valence-corrected chi connectivity index (χ0v) is 14.8. The number of hydrogen-bond acceptors (Lipinski definition) is 6. The van der Waals surface area contributed by atoms with Crippen LogP contribution >= 0.6 is 11.3 Å². The summed E-state index contributed by atoms with van der Waals surface area (Å²) in [7, 11) is 0. The lowest BCUT2D eigenvalue weighted by molar-refractivity contribution is 0.174. The zero-order valence-electron chi connectivity index (χ0n) is 14.0. The van der Waals surface area contributed by atoms with Crippen LogP contribution in [0.3, 0.4) is 0 Å². The summed E-state index contributed by atoms with van der Waals surface area (Å²) in [5.41, 5.74) is 3.11. The van der Waals surface area contributed by atoms with Gasteiger partial charge in [-0.05, 0) is 35.9 Å². The molecule has 0 amide bonds. The van der Waals surface area contributed by atoms with Crippen LogP contribution in [-0.4, -0.2) is 21.2 Å². The molecule has 0 spiro atoms. The highest BCUT2D eigenvalue weighted by Crippen LogP contribution is 2.36. The van der Waals surface area contributed by atoms with Gasteiger partial charge in [-0.25, -0.2) is 4.98 Å². The predicted molar refractivity (Wildman–Crippen MR) is 104 cm³/mol. The van der Waals surface area contributed by atoms with E-state index in [0.29, 0.717) is 22.2 Å². The van der Waals surface area contributed by atoms with Crippen LogP contribution in [0, 0.1) is 0 Å². The fourth-order valence-corrected chi connectivity index (χ4v) is 3.85. The number of hydrogen-bond donors (Lipinski definition) is 0. The van der Waals surface area contributed by atoms with Crippen molar-refractivity contribution < 1.29 is 9.47 Å². The molecule has 0 saturated heterocycles. The maximum absolute atomic E-state index is 12.7. The van der Waals surface area contributed by atoms with Crippen LogP contribution in [0.5, 0.6) is 11.5 Å². The van der Waals surface area contributed by atoms with Crippen LogP contribution in [0.25, 0.3) is 28.4 Å². The van der Waals surface area contributed by atoms with E-state index >= 15 is 0 Å². The monoisotopic (exact) mass is 375 g/mol. The SMILES string of the molecule is O=c1cc(C=Cc2cccnc2)nc2scc(-c3ccc4c(c3)OCO4)n12. The molecule has 7 heteroatoms. The van der Waals surface area contributed by atoms with Gasteiger partial charge < -0.3 is 9.47 Å². The van der Waals surface area contributed by atoms with Crippen molar-refractivity contribution in [1.29, 1.82) is 0 Å². The number of nitrogens with zero attached hydrogens (tertiary/aromatic N) is 3. The number of ether oxygens (including phenoxy) is 2. The fraction of sp³-hybridized carbons (Fsp3) is 0.0500. The lowest BCUT2D eigenvalue weighted by Crippen LogP contribution is -2.13. The average molecular weight is 375 g/mol. The maximum atomic E-state index is 12.7. The Morgan fingerprint density at radius 2 is 2.04 bits per heavy atom. The highest BCUT2D eigenvalue weighted by atomic mass is 32.1. The number of benzene rings is 1. The molecule has 4 heterocycles. The molecule has 1 aromatic carbocycles. The van der Waals surface area contributed by atoms with Gasteiger partial charge in [-0.1, -0.05) is 12.1 Å². The molecule has 3 aromatic heterocycles. The molecule has 0 saturated carbocycles. The van der Waals surface area contributed by atoms with Crippen LogP contribution in [0.15, 0.2) is 59.0 Å². The fourth-order valence-electron chi connectivity index (χ4n) is 2.93. The number of thiazole rings is 1. The zero-order chi connectivity index (χ0) is 18.2. The van der Waals surface area contributed by atoms with E-state index in [1.165, 1.54) is 17.4 Å². The second-order valence-corrected chi connectivity index (χ2v) is 6.78.